The number of rotatable bonds is 6. The van der Waals surface area contributed by atoms with Gasteiger partial charge in [-0.2, -0.15) is 0 Å². The summed E-state index contributed by atoms with van der Waals surface area (Å²) in [6.45, 7) is 5.77. The lowest BCUT2D eigenvalue weighted by Gasteiger charge is -2.30. The summed E-state index contributed by atoms with van der Waals surface area (Å²) in [6.07, 6.45) is 2.96. The van der Waals surface area contributed by atoms with Crippen molar-refractivity contribution in [1.82, 2.24) is 10.6 Å². The molecule has 5 heteroatoms. The first-order chi connectivity index (χ1) is 8.12. The summed E-state index contributed by atoms with van der Waals surface area (Å²) in [5.74, 6) is 0. The normalized spacial score (nSPS) is 28.1. The second kappa shape index (κ2) is 6.81. The Bertz CT molecular complexity index is 248. The van der Waals surface area contributed by atoms with Crippen LogP contribution in [0.4, 0.5) is 4.79 Å². The van der Waals surface area contributed by atoms with Crippen LogP contribution in [-0.4, -0.2) is 43.5 Å². The Morgan fingerprint density at radius 2 is 2.35 bits per heavy atom. The van der Waals surface area contributed by atoms with E-state index in [1.807, 2.05) is 13.8 Å². The van der Waals surface area contributed by atoms with Gasteiger partial charge in [-0.15, -0.1) is 0 Å². The molecule has 0 heterocycles. The van der Waals surface area contributed by atoms with Gasteiger partial charge in [0.1, 0.15) is 0 Å². The molecule has 17 heavy (non-hydrogen) atoms. The molecule has 0 aromatic heterocycles. The summed E-state index contributed by atoms with van der Waals surface area (Å²) in [4.78, 5) is 11.6. The number of carbonyl (C=O) groups is 1. The van der Waals surface area contributed by atoms with Crippen LogP contribution in [0, 0.1) is 5.41 Å². The van der Waals surface area contributed by atoms with Crippen LogP contribution in [0.15, 0.2) is 0 Å². The summed E-state index contributed by atoms with van der Waals surface area (Å²) in [5.41, 5.74) is -0.169. The van der Waals surface area contributed by atoms with Crippen molar-refractivity contribution in [3.63, 3.8) is 0 Å². The molecule has 2 unspecified atom stereocenters. The van der Waals surface area contributed by atoms with Crippen LogP contribution in [0.25, 0.3) is 0 Å². The highest BCUT2D eigenvalue weighted by Crippen LogP contribution is 2.37. The minimum absolute atomic E-state index is 0.0691. The zero-order valence-electron chi connectivity index (χ0n) is 10.8. The van der Waals surface area contributed by atoms with Gasteiger partial charge in [-0.1, -0.05) is 13.3 Å². The Kier molecular flexibility index (Phi) is 5.71. The van der Waals surface area contributed by atoms with Crippen molar-refractivity contribution in [2.24, 2.45) is 5.41 Å². The molecule has 0 radical (unpaired) electrons. The van der Waals surface area contributed by atoms with Crippen molar-refractivity contribution < 1.29 is 14.6 Å². The maximum absolute atomic E-state index is 11.6. The molecule has 1 rings (SSSR count). The highest BCUT2D eigenvalue weighted by Gasteiger charge is 2.38. The summed E-state index contributed by atoms with van der Waals surface area (Å²) in [6, 6.07) is -0.101. The predicted molar refractivity (Wildman–Crippen MR) is 65.9 cm³/mol. The molecule has 5 nitrogen and oxygen atoms in total. The molecule has 1 aliphatic carbocycles. The summed E-state index contributed by atoms with van der Waals surface area (Å²) in [5, 5.41) is 15.0. The first kappa shape index (κ1) is 14.3. The van der Waals surface area contributed by atoms with E-state index in [1.165, 1.54) is 0 Å². The van der Waals surface area contributed by atoms with Crippen LogP contribution >= 0.6 is 0 Å². The van der Waals surface area contributed by atoms with E-state index >= 15 is 0 Å². The first-order valence-corrected chi connectivity index (χ1v) is 6.35. The quantitative estimate of drug-likeness (QED) is 0.607. The largest absolute Gasteiger partial charge is 0.396 e. The maximum Gasteiger partial charge on any atom is 0.315 e. The molecular weight excluding hydrogens is 220 g/mol. The first-order valence-electron chi connectivity index (χ1n) is 6.35. The van der Waals surface area contributed by atoms with E-state index in [1.54, 1.807) is 0 Å². The van der Waals surface area contributed by atoms with Gasteiger partial charge >= 0.3 is 6.03 Å². The number of nitrogens with one attached hydrogen (secondary N) is 2. The Hall–Kier alpha value is -0.810. The fourth-order valence-corrected chi connectivity index (χ4v) is 2.26. The van der Waals surface area contributed by atoms with Crippen LogP contribution in [-0.2, 0) is 4.74 Å². The molecule has 2 atom stereocenters. The van der Waals surface area contributed by atoms with E-state index in [0.717, 1.165) is 19.3 Å². The molecule has 0 saturated heterocycles. The molecule has 0 aromatic rings. The lowest BCUT2D eigenvalue weighted by atomic mass is 9.86. The molecule has 100 valence electrons. The molecule has 0 bridgehead atoms. The molecular formula is C12H24N2O3. The van der Waals surface area contributed by atoms with E-state index in [-0.39, 0.29) is 24.1 Å². The Balaban J connectivity index is 2.26. The monoisotopic (exact) mass is 244 g/mol. The van der Waals surface area contributed by atoms with Crippen LogP contribution in [0.2, 0.25) is 0 Å². The van der Waals surface area contributed by atoms with Gasteiger partial charge < -0.3 is 20.5 Å². The molecule has 3 N–H and O–H groups in total. The number of hydrogen-bond acceptors (Lipinski definition) is 3. The second-order valence-electron chi connectivity index (χ2n) is 4.85. The third kappa shape index (κ3) is 4.16. The number of ether oxygens (including phenoxy) is 1. The minimum atomic E-state index is -0.170. The van der Waals surface area contributed by atoms with Gasteiger partial charge in [-0.25, -0.2) is 4.79 Å². The van der Waals surface area contributed by atoms with Crippen molar-refractivity contribution >= 4 is 6.03 Å². The highest BCUT2D eigenvalue weighted by atomic mass is 16.5. The summed E-state index contributed by atoms with van der Waals surface area (Å²) >= 11 is 0. The molecule has 1 fully saturated rings. The number of carbonyl (C=O) groups excluding carboxylic acids is 1. The van der Waals surface area contributed by atoms with Crippen LogP contribution < -0.4 is 10.6 Å². The maximum atomic E-state index is 11.6. The summed E-state index contributed by atoms with van der Waals surface area (Å²) < 4.78 is 5.13. The highest BCUT2D eigenvalue weighted by molar-refractivity contribution is 5.74. The lowest BCUT2D eigenvalue weighted by Crippen LogP contribution is -2.49. The third-order valence-corrected chi connectivity index (χ3v) is 3.48. The second-order valence-corrected chi connectivity index (χ2v) is 4.85. The van der Waals surface area contributed by atoms with Crippen molar-refractivity contribution in [3.05, 3.63) is 0 Å². The van der Waals surface area contributed by atoms with E-state index < -0.39 is 0 Å². The zero-order chi connectivity index (χ0) is 12.7. The standard InChI is InChI=1S/C12H24N2O3/c1-3-17-8-7-13-11(16)14-10-5-4-6-12(10,2)9-15/h10,15H,3-9H2,1-2H3,(H2,13,14,16). The van der Waals surface area contributed by atoms with Crippen LogP contribution in [0.3, 0.4) is 0 Å². The third-order valence-electron chi connectivity index (χ3n) is 3.48. The average molecular weight is 244 g/mol. The van der Waals surface area contributed by atoms with E-state index in [2.05, 4.69) is 10.6 Å². The van der Waals surface area contributed by atoms with Gasteiger partial charge in [0.05, 0.1) is 13.2 Å². The Labute approximate surface area is 103 Å². The molecule has 0 aromatic carbocycles. The number of aliphatic hydroxyl groups excluding tert-OH is 1. The number of urea groups is 1. The lowest BCUT2D eigenvalue weighted by molar-refractivity contribution is 0.120. The van der Waals surface area contributed by atoms with Gasteiger partial charge in [0, 0.05) is 24.6 Å². The fourth-order valence-electron chi connectivity index (χ4n) is 2.26. The van der Waals surface area contributed by atoms with Crippen molar-refractivity contribution in [2.45, 2.75) is 39.2 Å². The molecule has 0 spiro atoms. The van der Waals surface area contributed by atoms with Gasteiger partial charge in [0.2, 0.25) is 0 Å². The average Bonchev–Trinajstić information content (AvgIpc) is 2.67. The fraction of sp³-hybridized carbons (Fsp3) is 0.917. The smallest absolute Gasteiger partial charge is 0.315 e. The molecule has 1 aliphatic rings. The van der Waals surface area contributed by atoms with Gasteiger partial charge in [-0.05, 0) is 19.8 Å². The molecule has 1 saturated carbocycles. The molecule has 2 amide bonds. The van der Waals surface area contributed by atoms with Crippen molar-refractivity contribution in [1.29, 1.82) is 0 Å². The topological polar surface area (TPSA) is 70.6 Å². The van der Waals surface area contributed by atoms with Crippen LogP contribution in [0.1, 0.15) is 33.1 Å². The predicted octanol–water partition coefficient (Wildman–Crippen LogP) is 0.873. The van der Waals surface area contributed by atoms with Gasteiger partial charge in [0.25, 0.3) is 0 Å². The van der Waals surface area contributed by atoms with E-state index in [9.17, 15) is 9.90 Å². The van der Waals surface area contributed by atoms with E-state index in [4.69, 9.17) is 4.74 Å². The van der Waals surface area contributed by atoms with Crippen molar-refractivity contribution in [3.8, 4) is 0 Å². The number of aliphatic hydroxyl groups is 1. The Morgan fingerprint density at radius 3 is 3.00 bits per heavy atom. The number of hydrogen-bond donors (Lipinski definition) is 3. The molecule has 0 aliphatic heterocycles. The van der Waals surface area contributed by atoms with E-state index in [0.29, 0.717) is 19.8 Å². The Morgan fingerprint density at radius 1 is 1.59 bits per heavy atom. The minimum Gasteiger partial charge on any atom is -0.396 e. The summed E-state index contributed by atoms with van der Waals surface area (Å²) in [7, 11) is 0. The zero-order valence-corrected chi connectivity index (χ0v) is 10.8. The van der Waals surface area contributed by atoms with Gasteiger partial charge in [-0.3, -0.25) is 0 Å². The van der Waals surface area contributed by atoms with Gasteiger partial charge in [0.15, 0.2) is 0 Å². The SMILES string of the molecule is CCOCCNC(=O)NC1CCCC1(C)CO. The number of amides is 2. The van der Waals surface area contributed by atoms with Crippen molar-refractivity contribution in [2.75, 3.05) is 26.4 Å². The van der Waals surface area contributed by atoms with Crippen LogP contribution in [0.5, 0.6) is 0 Å².